The number of carbonyl (C=O) groups excluding carboxylic acids is 1. The highest BCUT2D eigenvalue weighted by Crippen LogP contribution is 2.52. The van der Waals surface area contributed by atoms with E-state index in [0.29, 0.717) is 17.1 Å². The summed E-state index contributed by atoms with van der Waals surface area (Å²) in [6, 6.07) is 0. The van der Waals surface area contributed by atoms with Gasteiger partial charge in [0.2, 0.25) is 0 Å². The number of furan rings is 1. The van der Waals surface area contributed by atoms with Crippen LogP contribution in [-0.2, 0) is 19.8 Å². The lowest BCUT2D eigenvalue weighted by atomic mass is 10.1. The highest BCUT2D eigenvalue weighted by molar-refractivity contribution is 7.53. The van der Waals surface area contributed by atoms with Gasteiger partial charge in [0, 0.05) is 5.56 Å². The summed E-state index contributed by atoms with van der Waals surface area (Å²) in [5.74, 6) is 0.910. The summed E-state index contributed by atoms with van der Waals surface area (Å²) < 4.78 is 28.3. The Balaban J connectivity index is 3.16. The molecule has 0 amide bonds. The van der Waals surface area contributed by atoms with E-state index in [4.69, 9.17) is 25.1 Å². The first-order valence-electron chi connectivity index (χ1n) is 6.01. The summed E-state index contributed by atoms with van der Waals surface area (Å²) in [5, 5.41) is -0.635. The zero-order valence-corrected chi connectivity index (χ0v) is 13.1. The van der Waals surface area contributed by atoms with Crippen LogP contribution in [0.4, 0.5) is 0 Å². The third-order valence-corrected chi connectivity index (χ3v) is 4.78. The smallest absolute Gasteiger partial charge is 0.335 e. The van der Waals surface area contributed by atoms with Crippen molar-refractivity contribution < 1.29 is 22.8 Å². The Bertz CT molecular complexity index is 498. The molecule has 108 valence electrons. The minimum atomic E-state index is -3.29. The maximum atomic E-state index is 12.5. The Morgan fingerprint density at radius 2 is 1.74 bits per heavy atom. The minimum Gasteiger partial charge on any atom is -0.466 e. The molecule has 0 N–H and O–H groups in total. The van der Waals surface area contributed by atoms with E-state index in [1.165, 1.54) is 0 Å². The van der Waals surface area contributed by atoms with Crippen LogP contribution in [0, 0.1) is 13.8 Å². The van der Waals surface area contributed by atoms with Gasteiger partial charge in [0.15, 0.2) is 0 Å². The fourth-order valence-corrected chi connectivity index (χ4v) is 3.95. The van der Waals surface area contributed by atoms with E-state index >= 15 is 0 Å². The Morgan fingerprint density at radius 3 is 2.16 bits per heavy atom. The van der Waals surface area contributed by atoms with Crippen molar-refractivity contribution in [2.75, 3.05) is 13.2 Å². The molecule has 0 aliphatic heterocycles. The molecule has 0 aliphatic rings. The summed E-state index contributed by atoms with van der Waals surface area (Å²) in [7, 11) is -3.29. The number of hydrogen-bond acceptors (Lipinski definition) is 5. The highest BCUT2D eigenvalue weighted by Gasteiger charge is 2.30. The minimum absolute atomic E-state index is 0.0222. The van der Waals surface area contributed by atoms with Crippen molar-refractivity contribution in [1.29, 1.82) is 0 Å². The number of carbonyl (C=O) groups is 1. The summed E-state index contributed by atoms with van der Waals surface area (Å²) in [5.41, 5.74) is 0.738. The Kier molecular flexibility index (Phi) is 5.81. The summed E-state index contributed by atoms with van der Waals surface area (Å²) in [6.45, 7) is 7.31. The monoisotopic (exact) mass is 308 g/mol. The van der Waals surface area contributed by atoms with Crippen molar-refractivity contribution in [2.24, 2.45) is 0 Å². The van der Waals surface area contributed by atoms with Crippen molar-refractivity contribution in [2.45, 2.75) is 33.9 Å². The lowest BCUT2D eigenvalue weighted by Gasteiger charge is -2.16. The van der Waals surface area contributed by atoms with Crippen molar-refractivity contribution in [3.8, 4) is 0 Å². The van der Waals surface area contributed by atoms with Crippen molar-refractivity contribution in [3.63, 3.8) is 0 Å². The van der Waals surface area contributed by atoms with Crippen molar-refractivity contribution in [1.82, 2.24) is 0 Å². The third-order valence-electron chi connectivity index (χ3n) is 2.58. The van der Waals surface area contributed by atoms with E-state index in [2.05, 4.69) is 0 Å². The zero-order chi connectivity index (χ0) is 14.6. The molecule has 0 saturated carbocycles. The highest BCUT2D eigenvalue weighted by atomic mass is 35.5. The molecule has 7 heteroatoms. The number of rotatable bonds is 7. The maximum Gasteiger partial charge on any atom is 0.335 e. The van der Waals surface area contributed by atoms with E-state index in [-0.39, 0.29) is 24.9 Å². The standard InChI is InChI=1S/C12H18ClO5P/c1-5-16-19(15,17-6-2)7-10-8(3)18-9(4)11(10)12(13)14/h5-7H2,1-4H3. The molecule has 0 aromatic carbocycles. The first kappa shape index (κ1) is 16.4. The van der Waals surface area contributed by atoms with Crippen LogP contribution in [0.3, 0.4) is 0 Å². The first-order chi connectivity index (χ1) is 8.84. The second-order valence-electron chi connectivity index (χ2n) is 3.95. The van der Waals surface area contributed by atoms with Gasteiger partial charge in [-0.25, -0.2) is 0 Å². The normalized spacial score (nSPS) is 11.8. The van der Waals surface area contributed by atoms with E-state index in [0.717, 1.165) is 0 Å². The predicted octanol–water partition coefficient (Wildman–Crippen LogP) is 4.04. The SMILES string of the molecule is CCOP(=O)(Cc1c(C)oc(C)c1C(=O)Cl)OCC. The average Bonchev–Trinajstić information content (AvgIpc) is 2.53. The average molecular weight is 309 g/mol. The Morgan fingerprint density at radius 1 is 1.21 bits per heavy atom. The van der Waals surface area contributed by atoms with Crippen LogP contribution in [-0.4, -0.2) is 18.5 Å². The molecule has 0 atom stereocenters. The van der Waals surface area contributed by atoms with Crippen LogP contribution in [0.1, 0.15) is 41.3 Å². The topological polar surface area (TPSA) is 65.7 Å². The fraction of sp³-hybridized carbons (Fsp3) is 0.583. The Labute approximate surface area is 117 Å². The Hall–Kier alpha value is -0.610. The summed E-state index contributed by atoms with van der Waals surface area (Å²) >= 11 is 5.54. The number of halogens is 1. The van der Waals surface area contributed by atoms with E-state index < -0.39 is 12.8 Å². The molecule has 1 aromatic heterocycles. The molecule has 0 aliphatic carbocycles. The van der Waals surface area contributed by atoms with Crippen LogP contribution < -0.4 is 0 Å². The van der Waals surface area contributed by atoms with Gasteiger partial charge >= 0.3 is 7.60 Å². The quantitative estimate of drug-likeness (QED) is 0.562. The predicted molar refractivity (Wildman–Crippen MR) is 72.9 cm³/mol. The van der Waals surface area contributed by atoms with E-state index in [9.17, 15) is 9.36 Å². The molecule has 19 heavy (non-hydrogen) atoms. The number of aryl methyl sites for hydroxylation is 2. The molecule has 5 nitrogen and oxygen atoms in total. The van der Waals surface area contributed by atoms with Gasteiger partial charge in [0.05, 0.1) is 24.9 Å². The van der Waals surface area contributed by atoms with Gasteiger partial charge in [0.1, 0.15) is 11.5 Å². The molecule has 1 heterocycles. The molecule has 0 bridgehead atoms. The van der Waals surface area contributed by atoms with Crippen LogP contribution in [0.2, 0.25) is 0 Å². The van der Waals surface area contributed by atoms with Crippen LogP contribution in [0.25, 0.3) is 0 Å². The van der Waals surface area contributed by atoms with E-state index in [1.54, 1.807) is 27.7 Å². The van der Waals surface area contributed by atoms with Crippen molar-refractivity contribution >= 4 is 24.4 Å². The largest absolute Gasteiger partial charge is 0.466 e. The molecular weight excluding hydrogens is 291 g/mol. The molecule has 0 spiro atoms. The van der Waals surface area contributed by atoms with Gasteiger partial charge in [0.25, 0.3) is 5.24 Å². The molecule has 0 radical (unpaired) electrons. The second kappa shape index (κ2) is 6.71. The van der Waals surface area contributed by atoms with Crippen LogP contribution >= 0.6 is 19.2 Å². The lowest BCUT2D eigenvalue weighted by Crippen LogP contribution is -2.03. The maximum absolute atomic E-state index is 12.5. The lowest BCUT2D eigenvalue weighted by molar-refractivity contribution is 0.107. The molecule has 1 aromatic rings. The molecule has 0 unspecified atom stereocenters. The molecule has 1 rings (SSSR count). The molecule has 0 fully saturated rings. The van der Waals surface area contributed by atoms with Gasteiger partial charge in [-0.2, -0.15) is 0 Å². The van der Waals surface area contributed by atoms with Crippen LogP contribution in [0.5, 0.6) is 0 Å². The fourth-order valence-electron chi connectivity index (χ4n) is 1.89. The van der Waals surface area contributed by atoms with E-state index in [1.807, 2.05) is 0 Å². The van der Waals surface area contributed by atoms with Gasteiger partial charge < -0.3 is 13.5 Å². The van der Waals surface area contributed by atoms with Crippen LogP contribution in [0.15, 0.2) is 4.42 Å². The first-order valence-corrected chi connectivity index (χ1v) is 8.12. The van der Waals surface area contributed by atoms with Gasteiger partial charge in [-0.1, -0.05) is 0 Å². The van der Waals surface area contributed by atoms with Gasteiger partial charge in [-0.15, -0.1) is 0 Å². The molecular formula is C12H18ClO5P. The second-order valence-corrected chi connectivity index (χ2v) is 6.34. The van der Waals surface area contributed by atoms with Gasteiger partial charge in [-0.05, 0) is 39.3 Å². The summed E-state index contributed by atoms with van der Waals surface area (Å²) in [6.07, 6.45) is -0.0222. The summed E-state index contributed by atoms with van der Waals surface area (Å²) in [4.78, 5) is 11.4. The number of hydrogen-bond donors (Lipinski definition) is 0. The van der Waals surface area contributed by atoms with Gasteiger partial charge in [-0.3, -0.25) is 9.36 Å². The third kappa shape index (κ3) is 3.93. The van der Waals surface area contributed by atoms with Crippen molar-refractivity contribution in [3.05, 3.63) is 22.6 Å². The molecule has 0 saturated heterocycles. The zero-order valence-electron chi connectivity index (χ0n) is 11.5.